The lowest BCUT2D eigenvalue weighted by atomic mass is 10.2. The van der Waals surface area contributed by atoms with E-state index < -0.39 is 0 Å². The second-order valence-electron chi connectivity index (χ2n) is 4.24. The van der Waals surface area contributed by atoms with Gasteiger partial charge in [0.25, 0.3) is 0 Å². The molecule has 3 rings (SSSR count). The highest BCUT2D eigenvalue weighted by molar-refractivity contribution is 9.10. The van der Waals surface area contributed by atoms with E-state index in [0.29, 0.717) is 16.9 Å². The number of H-pyrrole nitrogens is 1. The monoisotopic (exact) mass is 327 g/mol. The Morgan fingerprint density at radius 3 is 2.90 bits per heavy atom. The van der Waals surface area contributed by atoms with Crippen LogP contribution in [0.15, 0.2) is 40.9 Å². The van der Waals surface area contributed by atoms with Crippen molar-refractivity contribution >= 4 is 27.0 Å². The van der Waals surface area contributed by atoms with Gasteiger partial charge in [0.05, 0.1) is 23.8 Å². The van der Waals surface area contributed by atoms with Gasteiger partial charge in [0.15, 0.2) is 0 Å². The molecule has 5 heteroatoms. The van der Waals surface area contributed by atoms with Crippen LogP contribution >= 0.6 is 15.9 Å². The van der Waals surface area contributed by atoms with Crippen molar-refractivity contribution < 1.29 is 4.74 Å². The van der Waals surface area contributed by atoms with Gasteiger partial charge in [-0.2, -0.15) is 5.26 Å². The average Bonchev–Trinajstić information content (AvgIpc) is 2.90. The Kier molecular flexibility index (Phi) is 3.17. The summed E-state index contributed by atoms with van der Waals surface area (Å²) in [5.41, 5.74) is 2.93. The summed E-state index contributed by atoms with van der Waals surface area (Å²) in [5.74, 6) is 1.41. The van der Waals surface area contributed by atoms with E-state index in [4.69, 9.17) is 10.00 Å². The van der Waals surface area contributed by atoms with Crippen molar-refractivity contribution in [3.05, 3.63) is 46.4 Å². The zero-order valence-electron chi connectivity index (χ0n) is 10.6. The van der Waals surface area contributed by atoms with Gasteiger partial charge in [-0.3, -0.25) is 0 Å². The first-order valence-corrected chi connectivity index (χ1v) is 6.75. The quantitative estimate of drug-likeness (QED) is 0.777. The largest absolute Gasteiger partial charge is 0.496 e. The lowest BCUT2D eigenvalue weighted by Gasteiger charge is -2.06. The smallest absolute Gasteiger partial charge is 0.142 e. The van der Waals surface area contributed by atoms with E-state index in [-0.39, 0.29) is 0 Å². The molecule has 1 aromatic heterocycles. The van der Waals surface area contributed by atoms with Crippen molar-refractivity contribution in [1.29, 1.82) is 5.26 Å². The van der Waals surface area contributed by atoms with E-state index in [2.05, 4.69) is 32.0 Å². The zero-order chi connectivity index (χ0) is 14.1. The molecule has 0 bridgehead atoms. The minimum atomic E-state index is 0.557. The Bertz CT molecular complexity index is 833. The van der Waals surface area contributed by atoms with Crippen LogP contribution < -0.4 is 4.74 Å². The standard InChI is InChI=1S/C15H10BrN3O/c1-20-13-7-10(16)5-6-11(13)15-18-12-4-2-3-9(8-17)14(12)19-15/h2-7H,1H3,(H,18,19). The summed E-state index contributed by atoms with van der Waals surface area (Å²) in [5, 5.41) is 9.12. The van der Waals surface area contributed by atoms with Gasteiger partial charge in [-0.05, 0) is 30.3 Å². The molecule has 0 spiro atoms. The van der Waals surface area contributed by atoms with E-state index in [1.165, 1.54) is 0 Å². The first-order chi connectivity index (χ1) is 9.72. The van der Waals surface area contributed by atoms with Gasteiger partial charge in [-0.1, -0.05) is 22.0 Å². The second kappa shape index (κ2) is 4.99. The van der Waals surface area contributed by atoms with Crippen LogP contribution in [-0.4, -0.2) is 17.1 Å². The number of hydrogen-bond donors (Lipinski definition) is 1. The number of rotatable bonds is 2. The van der Waals surface area contributed by atoms with Gasteiger partial charge in [0.1, 0.15) is 23.2 Å². The maximum absolute atomic E-state index is 9.12. The topological polar surface area (TPSA) is 61.7 Å². The molecule has 2 aromatic carbocycles. The minimum Gasteiger partial charge on any atom is -0.496 e. The van der Waals surface area contributed by atoms with E-state index >= 15 is 0 Å². The maximum atomic E-state index is 9.12. The van der Waals surface area contributed by atoms with Gasteiger partial charge >= 0.3 is 0 Å². The number of aromatic amines is 1. The highest BCUT2D eigenvalue weighted by Gasteiger charge is 2.12. The highest BCUT2D eigenvalue weighted by atomic mass is 79.9. The number of halogens is 1. The van der Waals surface area contributed by atoms with E-state index in [0.717, 1.165) is 21.3 Å². The number of ether oxygens (including phenoxy) is 1. The molecular weight excluding hydrogens is 318 g/mol. The van der Waals surface area contributed by atoms with Crippen molar-refractivity contribution in [3.63, 3.8) is 0 Å². The molecule has 0 fully saturated rings. The average molecular weight is 328 g/mol. The summed E-state index contributed by atoms with van der Waals surface area (Å²) >= 11 is 3.41. The fourth-order valence-electron chi connectivity index (χ4n) is 2.11. The molecule has 98 valence electrons. The van der Waals surface area contributed by atoms with Crippen molar-refractivity contribution in [1.82, 2.24) is 9.97 Å². The van der Waals surface area contributed by atoms with Gasteiger partial charge in [0, 0.05) is 4.47 Å². The van der Waals surface area contributed by atoms with Crippen LogP contribution in [0.3, 0.4) is 0 Å². The molecule has 3 aromatic rings. The van der Waals surface area contributed by atoms with Crippen molar-refractivity contribution in [2.24, 2.45) is 0 Å². The number of benzene rings is 2. The summed E-state index contributed by atoms with van der Waals surface area (Å²) in [6, 6.07) is 13.4. The van der Waals surface area contributed by atoms with Crippen molar-refractivity contribution in [2.75, 3.05) is 7.11 Å². The Labute approximate surface area is 124 Å². The third-order valence-electron chi connectivity index (χ3n) is 3.05. The van der Waals surface area contributed by atoms with Crippen LogP contribution in [0.5, 0.6) is 5.75 Å². The Morgan fingerprint density at radius 1 is 1.30 bits per heavy atom. The SMILES string of the molecule is COc1cc(Br)ccc1-c1nc2c(C#N)cccc2[nH]1. The molecule has 0 saturated carbocycles. The molecule has 0 aliphatic carbocycles. The number of aromatic nitrogens is 2. The molecule has 1 N–H and O–H groups in total. The molecule has 0 aliphatic heterocycles. The summed E-state index contributed by atoms with van der Waals surface area (Å²) in [7, 11) is 1.62. The third-order valence-corrected chi connectivity index (χ3v) is 3.55. The molecule has 4 nitrogen and oxygen atoms in total. The number of imidazole rings is 1. The van der Waals surface area contributed by atoms with Gasteiger partial charge < -0.3 is 9.72 Å². The first-order valence-electron chi connectivity index (χ1n) is 5.95. The van der Waals surface area contributed by atoms with E-state index in [1.54, 1.807) is 13.2 Å². The molecule has 0 aliphatic rings. The normalized spacial score (nSPS) is 10.4. The Morgan fingerprint density at radius 2 is 2.15 bits per heavy atom. The third kappa shape index (κ3) is 2.04. The summed E-state index contributed by atoms with van der Waals surface area (Å²) < 4.78 is 6.32. The molecule has 0 amide bonds. The fraction of sp³-hybridized carbons (Fsp3) is 0.0667. The second-order valence-corrected chi connectivity index (χ2v) is 5.16. The summed E-state index contributed by atoms with van der Waals surface area (Å²) in [6.45, 7) is 0. The van der Waals surface area contributed by atoms with Gasteiger partial charge in [0.2, 0.25) is 0 Å². The molecule has 0 radical (unpaired) electrons. The first kappa shape index (κ1) is 12.7. The van der Waals surface area contributed by atoms with E-state index in [9.17, 15) is 0 Å². The number of hydrogen-bond acceptors (Lipinski definition) is 3. The molecular formula is C15H10BrN3O. The maximum Gasteiger partial charge on any atom is 0.142 e. The Balaban J connectivity index is 2.23. The minimum absolute atomic E-state index is 0.557. The predicted molar refractivity (Wildman–Crippen MR) is 80.5 cm³/mol. The number of nitriles is 1. The van der Waals surface area contributed by atoms with Crippen molar-refractivity contribution in [3.8, 4) is 23.2 Å². The molecule has 0 atom stereocenters. The van der Waals surface area contributed by atoms with Crippen LogP contribution in [-0.2, 0) is 0 Å². The Hall–Kier alpha value is -2.32. The summed E-state index contributed by atoms with van der Waals surface area (Å²) in [4.78, 5) is 7.74. The fourth-order valence-corrected chi connectivity index (χ4v) is 2.45. The van der Waals surface area contributed by atoms with Crippen LogP contribution in [0.1, 0.15) is 5.56 Å². The van der Waals surface area contributed by atoms with Crippen LogP contribution in [0, 0.1) is 11.3 Å². The summed E-state index contributed by atoms with van der Waals surface area (Å²) in [6.07, 6.45) is 0. The number of para-hydroxylation sites is 1. The number of methoxy groups -OCH3 is 1. The molecule has 20 heavy (non-hydrogen) atoms. The zero-order valence-corrected chi connectivity index (χ0v) is 12.2. The number of nitrogens with zero attached hydrogens (tertiary/aromatic N) is 2. The molecule has 0 saturated heterocycles. The highest BCUT2D eigenvalue weighted by Crippen LogP contribution is 2.32. The van der Waals surface area contributed by atoms with Crippen LogP contribution in [0.2, 0.25) is 0 Å². The number of nitrogens with one attached hydrogen (secondary N) is 1. The molecule has 1 heterocycles. The van der Waals surface area contributed by atoms with Gasteiger partial charge in [-0.25, -0.2) is 4.98 Å². The lowest BCUT2D eigenvalue weighted by molar-refractivity contribution is 0.416. The van der Waals surface area contributed by atoms with Gasteiger partial charge in [-0.15, -0.1) is 0 Å². The van der Waals surface area contributed by atoms with Crippen LogP contribution in [0.4, 0.5) is 0 Å². The lowest BCUT2D eigenvalue weighted by Crippen LogP contribution is -1.89. The molecule has 0 unspecified atom stereocenters. The number of fused-ring (bicyclic) bond motifs is 1. The van der Waals surface area contributed by atoms with Crippen molar-refractivity contribution in [2.45, 2.75) is 0 Å². The predicted octanol–water partition coefficient (Wildman–Crippen LogP) is 3.87. The van der Waals surface area contributed by atoms with E-state index in [1.807, 2.05) is 30.3 Å². The van der Waals surface area contributed by atoms with Crippen LogP contribution in [0.25, 0.3) is 22.4 Å².